The molecule has 1 saturated carbocycles. The van der Waals surface area contributed by atoms with Gasteiger partial charge in [0.25, 0.3) is 0 Å². The Morgan fingerprint density at radius 2 is 2.32 bits per heavy atom. The van der Waals surface area contributed by atoms with Crippen LogP contribution in [0.25, 0.3) is 0 Å². The predicted octanol–water partition coefficient (Wildman–Crippen LogP) is 2.25. The molecule has 2 rings (SSSR count). The van der Waals surface area contributed by atoms with Gasteiger partial charge in [0.2, 0.25) is 0 Å². The normalized spacial score (nSPS) is 16.4. The van der Waals surface area contributed by atoms with Crippen LogP contribution in [0.3, 0.4) is 0 Å². The summed E-state index contributed by atoms with van der Waals surface area (Å²) in [4.78, 5) is 8.72. The van der Waals surface area contributed by atoms with Crippen LogP contribution >= 0.6 is 35.3 Å². The van der Waals surface area contributed by atoms with E-state index in [-0.39, 0.29) is 24.0 Å². The average molecular weight is 396 g/mol. The molecule has 0 radical (unpaired) electrons. The monoisotopic (exact) mass is 396 g/mol. The Balaban J connectivity index is 0.00000180. The molecule has 19 heavy (non-hydrogen) atoms. The zero-order valence-electron chi connectivity index (χ0n) is 11.1. The van der Waals surface area contributed by atoms with Crippen molar-refractivity contribution < 1.29 is 4.74 Å². The molecular formula is C12H21IN4OS. The lowest BCUT2D eigenvalue weighted by molar-refractivity contribution is 0.184. The largest absolute Gasteiger partial charge is 0.378 e. The number of nitrogens with two attached hydrogens (primary N) is 1. The Labute approximate surface area is 135 Å². The summed E-state index contributed by atoms with van der Waals surface area (Å²) in [6.45, 7) is 1.09. The Kier molecular flexibility index (Phi) is 7.62. The number of thiazole rings is 1. The van der Waals surface area contributed by atoms with Crippen molar-refractivity contribution in [3.05, 3.63) is 16.1 Å². The lowest BCUT2D eigenvalue weighted by Gasteiger charge is -2.11. The van der Waals surface area contributed by atoms with Crippen LogP contribution in [0.1, 0.15) is 36.4 Å². The maximum absolute atomic E-state index is 5.86. The number of rotatable bonds is 5. The van der Waals surface area contributed by atoms with Crippen LogP contribution in [0.4, 0.5) is 0 Å². The van der Waals surface area contributed by atoms with E-state index >= 15 is 0 Å². The van der Waals surface area contributed by atoms with Gasteiger partial charge >= 0.3 is 0 Å². The third-order valence-corrected chi connectivity index (χ3v) is 3.86. The van der Waals surface area contributed by atoms with E-state index in [4.69, 9.17) is 10.5 Å². The molecule has 0 unspecified atom stereocenters. The zero-order valence-corrected chi connectivity index (χ0v) is 14.2. The molecule has 3 N–H and O–H groups in total. The second-order valence-corrected chi connectivity index (χ2v) is 5.44. The summed E-state index contributed by atoms with van der Waals surface area (Å²) in [5.41, 5.74) is 6.80. The van der Waals surface area contributed by atoms with Gasteiger partial charge in [-0.1, -0.05) is 12.8 Å². The van der Waals surface area contributed by atoms with Gasteiger partial charge in [0, 0.05) is 18.5 Å². The molecular weight excluding hydrogens is 375 g/mol. The number of nitrogens with one attached hydrogen (secondary N) is 1. The number of nitrogens with zero attached hydrogens (tertiary/aromatic N) is 2. The zero-order chi connectivity index (χ0) is 12.8. The SMILES string of the molecule is COCc1nc(CN=C(N)NC2CCCC2)cs1.I. The molecule has 0 amide bonds. The third-order valence-electron chi connectivity index (χ3n) is 2.99. The number of guanidine groups is 1. The molecule has 0 saturated heterocycles. The fraction of sp³-hybridized carbons (Fsp3) is 0.667. The van der Waals surface area contributed by atoms with Gasteiger partial charge in [-0.25, -0.2) is 9.98 Å². The van der Waals surface area contributed by atoms with Crippen molar-refractivity contribution in [2.45, 2.75) is 44.9 Å². The Bertz CT molecular complexity index is 404. The maximum atomic E-state index is 5.86. The van der Waals surface area contributed by atoms with Gasteiger partial charge in [0.05, 0.1) is 18.8 Å². The summed E-state index contributed by atoms with van der Waals surface area (Å²) in [6, 6.07) is 0.508. The van der Waals surface area contributed by atoms with Gasteiger partial charge in [-0.2, -0.15) is 0 Å². The highest BCUT2D eigenvalue weighted by atomic mass is 127. The van der Waals surface area contributed by atoms with Crippen LogP contribution in [0, 0.1) is 0 Å². The van der Waals surface area contributed by atoms with Crippen molar-refractivity contribution in [1.82, 2.24) is 10.3 Å². The minimum Gasteiger partial charge on any atom is -0.378 e. The Hall–Kier alpha value is -0.410. The number of aromatic nitrogens is 1. The number of methoxy groups -OCH3 is 1. The minimum absolute atomic E-state index is 0. The highest BCUT2D eigenvalue weighted by molar-refractivity contribution is 14.0. The van der Waals surface area contributed by atoms with Crippen LogP contribution in [-0.2, 0) is 17.9 Å². The quantitative estimate of drug-likeness (QED) is 0.455. The molecule has 1 heterocycles. The van der Waals surface area contributed by atoms with E-state index in [0.29, 0.717) is 25.2 Å². The van der Waals surface area contributed by atoms with E-state index in [1.807, 2.05) is 5.38 Å². The van der Waals surface area contributed by atoms with Crippen molar-refractivity contribution in [2.24, 2.45) is 10.7 Å². The molecule has 0 aromatic carbocycles. The van der Waals surface area contributed by atoms with Crippen LogP contribution in [0.5, 0.6) is 0 Å². The molecule has 108 valence electrons. The Morgan fingerprint density at radius 1 is 1.58 bits per heavy atom. The molecule has 7 heteroatoms. The molecule has 1 aromatic heterocycles. The van der Waals surface area contributed by atoms with Crippen LogP contribution in [-0.4, -0.2) is 24.1 Å². The second kappa shape index (κ2) is 8.70. The van der Waals surface area contributed by atoms with Gasteiger partial charge in [0.15, 0.2) is 5.96 Å². The molecule has 5 nitrogen and oxygen atoms in total. The summed E-state index contributed by atoms with van der Waals surface area (Å²) in [5, 5.41) is 6.24. The molecule has 0 atom stereocenters. The Morgan fingerprint density at radius 3 is 3.00 bits per heavy atom. The fourth-order valence-corrected chi connectivity index (χ4v) is 2.86. The lowest BCUT2D eigenvalue weighted by atomic mass is 10.2. The van der Waals surface area contributed by atoms with Crippen molar-refractivity contribution in [3.8, 4) is 0 Å². The van der Waals surface area contributed by atoms with Gasteiger partial charge in [-0.15, -0.1) is 35.3 Å². The van der Waals surface area contributed by atoms with Crippen molar-refractivity contribution in [3.63, 3.8) is 0 Å². The van der Waals surface area contributed by atoms with Gasteiger partial charge < -0.3 is 15.8 Å². The number of hydrogen-bond donors (Lipinski definition) is 2. The lowest BCUT2D eigenvalue weighted by Crippen LogP contribution is -2.38. The van der Waals surface area contributed by atoms with E-state index in [1.54, 1.807) is 18.4 Å². The molecule has 1 aliphatic carbocycles. The topological polar surface area (TPSA) is 72.5 Å². The predicted molar refractivity (Wildman–Crippen MR) is 89.0 cm³/mol. The summed E-state index contributed by atoms with van der Waals surface area (Å²) >= 11 is 1.59. The van der Waals surface area contributed by atoms with Crippen molar-refractivity contribution >= 4 is 41.3 Å². The molecule has 0 bridgehead atoms. The first-order chi connectivity index (χ1) is 8.78. The number of halogens is 1. The first-order valence-corrected chi connectivity index (χ1v) is 7.14. The van der Waals surface area contributed by atoms with E-state index in [2.05, 4.69) is 15.3 Å². The van der Waals surface area contributed by atoms with Crippen LogP contribution < -0.4 is 11.1 Å². The van der Waals surface area contributed by atoms with Gasteiger partial charge in [-0.05, 0) is 12.8 Å². The summed E-state index contributed by atoms with van der Waals surface area (Å²) in [6.07, 6.45) is 4.98. The fourth-order valence-electron chi connectivity index (χ4n) is 2.10. The molecule has 0 aliphatic heterocycles. The molecule has 1 fully saturated rings. The van der Waals surface area contributed by atoms with E-state index in [9.17, 15) is 0 Å². The van der Waals surface area contributed by atoms with Crippen LogP contribution in [0.15, 0.2) is 10.4 Å². The highest BCUT2D eigenvalue weighted by Gasteiger charge is 2.14. The number of ether oxygens (including phenoxy) is 1. The second-order valence-electron chi connectivity index (χ2n) is 4.49. The molecule has 1 aromatic rings. The highest BCUT2D eigenvalue weighted by Crippen LogP contribution is 2.17. The summed E-state index contributed by atoms with van der Waals surface area (Å²) < 4.78 is 5.03. The van der Waals surface area contributed by atoms with E-state index in [0.717, 1.165) is 10.7 Å². The van der Waals surface area contributed by atoms with Gasteiger partial charge in [0.1, 0.15) is 5.01 Å². The van der Waals surface area contributed by atoms with Gasteiger partial charge in [-0.3, -0.25) is 0 Å². The third kappa shape index (κ3) is 5.62. The van der Waals surface area contributed by atoms with E-state index < -0.39 is 0 Å². The summed E-state index contributed by atoms with van der Waals surface area (Å²) in [7, 11) is 1.67. The van der Waals surface area contributed by atoms with Crippen molar-refractivity contribution in [1.29, 1.82) is 0 Å². The average Bonchev–Trinajstić information content (AvgIpc) is 2.99. The smallest absolute Gasteiger partial charge is 0.189 e. The van der Waals surface area contributed by atoms with Crippen LogP contribution in [0.2, 0.25) is 0 Å². The first kappa shape index (κ1) is 16.6. The molecule has 0 spiro atoms. The molecule has 1 aliphatic rings. The first-order valence-electron chi connectivity index (χ1n) is 6.26. The number of aliphatic imine (C=N–C) groups is 1. The standard InChI is InChI=1S/C12H20N4OS.HI/c1-17-7-11-15-10(8-18-11)6-14-12(13)16-9-4-2-3-5-9;/h8-9H,2-7H2,1H3,(H3,13,14,16);1H. The van der Waals surface area contributed by atoms with E-state index in [1.165, 1.54) is 25.7 Å². The maximum Gasteiger partial charge on any atom is 0.189 e. The van der Waals surface area contributed by atoms with Crippen molar-refractivity contribution in [2.75, 3.05) is 7.11 Å². The minimum atomic E-state index is 0. The number of hydrogen-bond acceptors (Lipinski definition) is 4. The summed E-state index contributed by atoms with van der Waals surface area (Å²) in [5.74, 6) is 0.531.